The van der Waals surface area contributed by atoms with Crippen LogP contribution in [-0.4, -0.2) is 39.1 Å². The number of pyridine rings is 1. The summed E-state index contributed by atoms with van der Waals surface area (Å²) >= 11 is 0. The monoisotopic (exact) mass is 487 g/mol. The van der Waals surface area contributed by atoms with Crippen molar-refractivity contribution in [2.24, 2.45) is 0 Å². The van der Waals surface area contributed by atoms with E-state index in [0.29, 0.717) is 0 Å². The fourth-order valence-electron chi connectivity index (χ4n) is 2.77. The Kier molecular flexibility index (Phi) is 6.72. The van der Waals surface area contributed by atoms with Crippen LogP contribution in [0.15, 0.2) is 59.6 Å². The summed E-state index contributed by atoms with van der Waals surface area (Å²) in [5, 5.41) is 2.55. The number of carbonyl (C=O) groups excluding carboxylic acids is 2. The number of para-hydroxylation sites is 1. The third kappa shape index (κ3) is 5.68. The van der Waals surface area contributed by atoms with Crippen LogP contribution in [0.4, 0.5) is 23.7 Å². The summed E-state index contributed by atoms with van der Waals surface area (Å²) < 4.78 is 74.8. The fraction of sp³-hybridized carbons (Fsp3) is 0.150. The molecule has 3 rings (SSSR count). The molecule has 0 radical (unpaired) electrons. The number of hydrogen-bond donors (Lipinski definition) is 2. The average Bonchev–Trinajstić information content (AvgIpc) is 2.76. The Morgan fingerprint density at radius 3 is 2.42 bits per heavy atom. The number of anilines is 1. The minimum atomic E-state index is -4.60. The van der Waals surface area contributed by atoms with Crippen molar-refractivity contribution in [1.82, 2.24) is 9.71 Å². The Balaban J connectivity index is 0.00000306. The number of alkyl halides is 3. The number of nitrogens with one attached hydrogen (secondary N) is 2. The zero-order chi connectivity index (χ0) is 24.2. The van der Waals surface area contributed by atoms with Crippen molar-refractivity contribution in [3.05, 3.63) is 60.3 Å². The minimum absolute atomic E-state index is 0. The number of amides is 2. The first-order chi connectivity index (χ1) is 15.5. The number of methoxy groups -OCH3 is 1. The van der Waals surface area contributed by atoms with Crippen LogP contribution in [0.25, 0.3) is 10.9 Å². The molecule has 33 heavy (non-hydrogen) atoms. The number of halogens is 3. The van der Waals surface area contributed by atoms with Crippen molar-refractivity contribution in [3.8, 4) is 5.75 Å². The van der Waals surface area contributed by atoms with Gasteiger partial charge in [0.05, 0.1) is 23.1 Å². The number of fused-ring (bicyclic) bond motifs is 1. The summed E-state index contributed by atoms with van der Waals surface area (Å²) in [7, 11) is -3.14. The molecule has 3 aromatic rings. The van der Waals surface area contributed by atoms with Gasteiger partial charge in [0, 0.05) is 20.1 Å². The molecule has 2 amide bonds. The van der Waals surface area contributed by atoms with E-state index < -0.39 is 40.4 Å². The van der Waals surface area contributed by atoms with E-state index in [9.17, 15) is 31.2 Å². The molecule has 0 atom stereocenters. The molecular weight excluding hydrogens is 467 g/mol. The number of carbonyl (C=O) groups is 2. The van der Waals surface area contributed by atoms with Gasteiger partial charge in [-0.25, -0.2) is 17.9 Å². The molecule has 1 aromatic heterocycles. The van der Waals surface area contributed by atoms with E-state index >= 15 is 0 Å². The van der Waals surface area contributed by atoms with Gasteiger partial charge >= 0.3 is 12.3 Å². The van der Waals surface area contributed by atoms with Crippen LogP contribution in [0, 0.1) is 0 Å². The Hall–Kier alpha value is -3.87. The van der Waals surface area contributed by atoms with E-state index in [-0.39, 0.29) is 30.1 Å². The second-order valence-corrected chi connectivity index (χ2v) is 8.15. The van der Waals surface area contributed by atoms with Gasteiger partial charge in [-0.3, -0.25) is 9.78 Å². The van der Waals surface area contributed by atoms with Crippen molar-refractivity contribution in [2.75, 3.05) is 19.0 Å². The fourth-order valence-corrected chi connectivity index (χ4v) is 3.69. The lowest BCUT2D eigenvalue weighted by molar-refractivity contribution is -0.136. The topological polar surface area (TPSA) is 124 Å². The van der Waals surface area contributed by atoms with E-state index in [0.717, 1.165) is 31.5 Å². The largest absolute Gasteiger partial charge is 0.483 e. The van der Waals surface area contributed by atoms with Gasteiger partial charge in [0.1, 0.15) is 5.75 Å². The lowest BCUT2D eigenvalue weighted by atomic mass is 10.1. The molecule has 0 aliphatic carbocycles. The van der Waals surface area contributed by atoms with E-state index in [1.165, 1.54) is 30.3 Å². The maximum Gasteiger partial charge on any atom is 0.420 e. The zero-order valence-corrected chi connectivity index (χ0v) is 17.7. The van der Waals surface area contributed by atoms with Gasteiger partial charge in [0.2, 0.25) is 0 Å². The first-order valence-electron chi connectivity index (χ1n) is 9.09. The van der Waals surface area contributed by atoms with Crippen LogP contribution in [0.2, 0.25) is 0 Å². The normalized spacial score (nSPS) is 11.6. The molecule has 178 valence electrons. The smallest absolute Gasteiger partial charge is 0.420 e. The Bertz CT molecular complexity index is 1310. The van der Waals surface area contributed by atoms with Crippen molar-refractivity contribution >= 4 is 38.6 Å². The SMILES string of the molecule is COC(=O)NS(=O)(=O)c1ccc(NC(=O)COc2ccnc3c(C(F)(F)F)cccc23)cc1.[HH].[HH]. The van der Waals surface area contributed by atoms with E-state index in [1.807, 2.05) is 0 Å². The van der Waals surface area contributed by atoms with E-state index in [4.69, 9.17) is 4.74 Å². The van der Waals surface area contributed by atoms with E-state index in [1.54, 1.807) is 4.72 Å². The van der Waals surface area contributed by atoms with Gasteiger partial charge in [-0.05, 0) is 42.5 Å². The molecule has 13 heteroatoms. The molecule has 2 N–H and O–H groups in total. The Labute approximate surface area is 188 Å². The number of ether oxygens (including phenoxy) is 2. The van der Waals surface area contributed by atoms with Crippen molar-refractivity contribution in [2.45, 2.75) is 11.1 Å². The van der Waals surface area contributed by atoms with Gasteiger partial charge in [0.25, 0.3) is 15.9 Å². The highest BCUT2D eigenvalue weighted by Crippen LogP contribution is 2.36. The van der Waals surface area contributed by atoms with Crippen LogP contribution in [-0.2, 0) is 25.7 Å². The van der Waals surface area contributed by atoms with Crippen LogP contribution in [0.5, 0.6) is 5.75 Å². The summed E-state index contributed by atoms with van der Waals surface area (Å²) in [6.45, 7) is -0.528. The molecule has 2 aromatic carbocycles. The number of rotatable bonds is 6. The zero-order valence-electron chi connectivity index (χ0n) is 16.8. The van der Waals surface area contributed by atoms with Crippen molar-refractivity contribution in [1.29, 1.82) is 0 Å². The third-order valence-electron chi connectivity index (χ3n) is 4.25. The summed E-state index contributed by atoms with van der Waals surface area (Å²) in [6, 6.07) is 9.70. The molecule has 0 saturated carbocycles. The van der Waals surface area contributed by atoms with Crippen LogP contribution >= 0.6 is 0 Å². The van der Waals surface area contributed by atoms with Gasteiger partial charge in [-0.2, -0.15) is 13.2 Å². The number of sulfonamides is 1. The lowest BCUT2D eigenvalue weighted by Gasteiger charge is -2.13. The Morgan fingerprint density at radius 2 is 1.79 bits per heavy atom. The lowest BCUT2D eigenvalue weighted by Crippen LogP contribution is -2.30. The molecule has 0 aliphatic rings. The van der Waals surface area contributed by atoms with E-state index in [2.05, 4.69) is 15.0 Å². The second kappa shape index (κ2) is 9.32. The molecule has 0 aliphatic heterocycles. The summed E-state index contributed by atoms with van der Waals surface area (Å²) in [5.41, 5.74) is -1.01. The number of aromatic nitrogens is 1. The van der Waals surface area contributed by atoms with Crippen LogP contribution in [0.1, 0.15) is 8.42 Å². The number of nitrogens with zero attached hydrogens (tertiary/aromatic N) is 1. The molecule has 0 saturated heterocycles. The third-order valence-corrected chi connectivity index (χ3v) is 5.57. The standard InChI is InChI=1S/C20H16F3N3O6S.2H2/c1-31-19(28)26-33(29,30)13-7-5-12(6-8-13)25-17(27)11-32-16-9-10-24-18-14(16)3-2-4-15(18)20(21,22)23;;/h2-10H,11H2,1H3,(H,25,27)(H,26,28);2*1H. The average molecular weight is 487 g/mol. The van der Waals surface area contributed by atoms with Gasteiger partial charge in [-0.1, -0.05) is 6.07 Å². The van der Waals surface area contributed by atoms with Crippen LogP contribution < -0.4 is 14.8 Å². The summed E-state index contributed by atoms with van der Waals surface area (Å²) in [6.07, 6.45) is -4.61. The van der Waals surface area contributed by atoms with Crippen molar-refractivity contribution < 1.29 is 43.5 Å². The molecule has 0 fully saturated rings. The molecule has 0 bridgehead atoms. The highest BCUT2D eigenvalue weighted by Gasteiger charge is 2.33. The quantitative estimate of drug-likeness (QED) is 0.542. The predicted molar refractivity (Wildman–Crippen MR) is 114 cm³/mol. The molecule has 0 unspecified atom stereocenters. The first-order valence-corrected chi connectivity index (χ1v) is 10.6. The highest BCUT2D eigenvalue weighted by molar-refractivity contribution is 7.90. The van der Waals surface area contributed by atoms with Gasteiger partial charge < -0.3 is 14.8 Å². The van der Waals surface area contributed by atoms with Gasteiger partial charge in [0.15, 0.2) is 6.61 Å². The van der Waals surface area contributed by atoms with Crippen LogP contribution in [0.3, 0.4) is 0 Å². The summed E-state index contributed by atoms with van der Waals surface area (Å²) in [4.78, 5) is 26.8. The summed E-state index contributed by atoms with van der Waals surface area (Å²) in [5.74, 6) is -0.605. The Morgan fingerprint density at radius 1 is 1.09 bits per heavy atom. The minimum Gasteiger partial charge on any atom is -0.483 e. The second-order valence-electron chi connectivity index (χ2n) is 6.47. The first kappa shape index (κ1) is 23.8. The van der Waals surface area contributed by atoms with Crippen molar-refractivity contribution in [3.63, 3.8) is 0 Å². The molecule has 9 nitrogen and oxygen atoms in total. The van der Waals surface area contributed by atoms with Gasteiger partial charge in [-0.15, -0.1) is 0 Å². The number of benzene rings is 2. The highest BCUT2D eigenvalue weighted by atomic mass is 32.2. The molecule has 0 spiro atoms. The molecular formula is C20H20F3N3O6S. The molecule has 1 heterocycles. The maximum atomic E-state index is 13.2. The maximum absolute atomic E-state index is 13.2. The predicted octanol–water partition coefficient (Wildman–Crippen LogP) is 3.81. The number of hydrogen-bond acceptors (Lipinski definition) is 7.